The second kappa shape index (κ2) is 8.10. The van der Waals surface area contributed by atoms with Gasteiger partial charge in [-0.2, -0.15) is 0 Å². The van der Waals surface area contributed by atoms with Crippen LogP contribution in [0.1, 0.15) is 17.5 Å². The van der Waals surface area contributed by atoms with E-state index in [-0.39, 0.29) is 25.5 Å². The number of carboxylic acid groups (broad SMARTS) is 1. The van der Waals surface area contributed by atoms with Gasteiger partial charge in [-0.25, -0.2) is 0 Å². The van der Waals surface area contributed by atoms with Gasteiger partial charge in [0.2, 0.25) is 12.7 Å². The van der Waals surface area contributed by atoms with Crippen LogP contribution in [-0.4, -0.2) is 29.8 Å². The van der Waals surface area contributed by atoms with Gasteiger partial charge >= 0.3 is 5.97 Å². The van der Waals surface area contributed by atoms with Crippen LogP contribution in [0, 0.1) is 0 Å². The van der Waals surface area contributed by atoms with Gasteiger partial charge in [0.25, 0.3) is 0 Å². The zero-order valence-corrected chi connectivity index (χ0v) is 14.7. The van der Waals surface area contributed by atoms with Crippen LogP contribution in [0.5, 0.6) is 11.5 Å². The number of rotatable bonds is 7. The normalized spacial score (nSPS) is 13.3. The number of fused-ring (bicyclic) bond motifs is 1. The van der Waals surface area contributed by atoms with E-state index in [0.717, 1.165) is 11.1 Å². The predicted molar refractivity (Wildman–Crippen MR) is 95.6 cm³/mol. The van der Waals surface area contributed by atoms with E-state index in [2.05, 4.69) is 5.32 Å². The van der Waals surface area contributed by atoms with E-state index in [1.54, 1.807) is 30.3 Å². The Bertz CT molecular complexity index is 806. The van der Waals surface area contributed by atoms with Gasteiger partial charge in [0, 0.05) is 11.1 Å². The molecule has 0 unspecified atom stereocenters. The second-order valence-electron chi connectivity index (χ2n) is 6.06. The molecule has 2 aromatic carbocycles. The highest BCUT2D eigenvalue weighted by Gasteiger charge is 2.18. The van der Waals surface area contributed by atoms with Crippen molar-refractivity contribution >= 4 is 23.5 Å². The fourth-order valence-corrected chi connectivity index (χ4v) is 2.93. The summed E-state index contributed by atoms with van der Waals surface area (Å²) < 4.78 is 10.5. The first kappa shape index (κ1) is 18.1. The van der Waals surface area contributed by atoms with Crippen LogP contribution in [0.2, 0.25) is 5.02 Å². The van der Waals surface area contributed by atoms with Crippen molar-refractivity contribution in [3.8, 4) is 11.5 Å². The molecule has 2 aromatic rings. The van der Waals surface area contributed by atoms with E-state index in [4.69, 9.17) is 26.2 Å². The summed E-state index contributed by atoms with van der Waals surface area (Å²) in [5.41, 5.74) is 1.68. The van der Waals surface area contributed by atoms with Gasteiger partial charge in [0.1, 0.15) is 0 Å². The maximum atomic E-state index is 12.4. The lowest BCUT2D eigenvalue weighted by atomic mass is 10.0. The topological polar surface area (TPSA) is 84.9 Å². The lowest BCUT2D eigenvalue weighted by Gasteiger charge is -2.17. The Morgan fingerprint density at radius 1 is 1.08 bits per heavy atom. The second-order valence-corrected chi connectivity index (χ2v) is 6.49. The first-order valence-electron chi connectivity index (χ1n) is 8.14. The van der Waals surface area contributed by atoms with E-state index >= 15 is 0 Å². The number of aliphatic carboxylic acids is 1. The minimum absolute atomic E-state index is 0.132. The van der Waals surface area contributed by atoms with Crippen molar-refractivity contribution in [1.82, 2.24) is 5.32 Å². The van der Waals surface area contributed by atoms with Crippen LogP contribution >= 0.6 is 11.6 Å². The lowest BCUT2D eigenvalue weighted by molar-refractivity contribution is -0.137. The van der Waals surface area contributed by atoms with Crippen LogP contribution in [0.4, 0.5) is 0 Å². The summed E-state index contributed by atoms with van der Waals surface area (Å²) in [5.74, 6) is 0.0515. The summed E-state index contributed by atoms with van der Waals surface area (Å²) in [6, 6.07) is 11.9. The van der Waals surface area contributed by atoms with Crippen molar-refractivity contribution in [3.05, 3.63) is 58.6 Å². The van der Waals surface area contributed by atoms with Gasteiger partial charge in [0.15, 0.2) is 11.5 Å². The fourth-order valence-electron chi connectivity index (χ4n) is 2.81. The van der Waals surface area contributed by atoms with Gasteiger partial charge in [-0.15, -0.1) is 0 Å². The third kappa shape index (κ3) is 4.89. The molecule has 0 aliphatic carbocycles. The summed E-state index contributed by atoms with van der Waals surface area (Å²) in [4.78, 5) is 23.5. The molecule has 0 bridgehead atoms. The number of carbonyl (C=O) groups is 2. The fraction of sp³-hybridized carbons (Fsp3) is 0.263. The molecule has 3 rings (SSSR count). The Morgan fingerprint density at radius 3 is 2.50 bits per heavy atom. The average molecular weight is 376 g/mol. The first-order chi connectivity index (χ1) is 12.5. The summed E-state index contributed by atoms with van der Waals surface area (Å²) in [6.45, 7) is 0.173. The van der Waals surface area contributed by atoms with Gasteiger partial charge < -0.3 is 19.9 Å². The third-order valence-electron chi connectivity index (χ3n) is 3.98. The summed E-state index contributed by atoms with van der Waals surface area (Å²) in [7, 11) is 0. The smallest absolute Gasteiger partial charge is 0.305 e. The SMILES string of the molecule is O=C(O)C[C@H](Cc1ccc(Cl)cc1)NC(=O)Cc1ccc2c(c1)OCO2. The molecule has 7 heteroatoms. The third-order valence-corrected chi connectivity index (χ3v) is 4.24. The highest BCUT2D eigenvalue weighted by Crippen LogP contribution is 2.32. The van der Waals surface area contributed by atoms with Gasteiger partial charge in [-0.3, -0.25) is 9.59 Å². The van der Waals surface area contributed by atoms with Crippen molar-refractivity contribution in [3.63, 3.8) is 0 Å². The monoisotopic (exact) mass is 375 g/mol. The zero-order valence-electron chi connectivity index (χ0n) is 13.9. The minimum atomic E-state index is -0.965. The van der Waals surface area contributed by atoms with Gasteiger partial charge in [0.05, 0.1) is 12.8 Å². The summed E-state index contributed by atoms with van der Waals surface area (Å²) in [5, 5.41) is 12.5. The standard InChI is InChI=1S/C19H18ClNO5/c20-14-4-1-12(2-5-14)7-15(10-19(23)24)21-18(22)9-13-3-6-16-17(8-13)26-11-25-16/h1-6,8,15H,7,9-11H2,(H,21,22)(H,23,24)/t15-/m0/s1. The Labute approximate surface area is 155 Å². The van der Waals surface area contributed by atoms with Crippen LogP contribution in [0.3, 0.4) is 0 Å². The molecule has 0 saturated carbocycles. The largest absolute Gasteiger partial charge is 0.481 e. The number of carbonyl (C=O) groups excluding carboxylic acids is 1. The minimum Gasteiger partial charge on any atom is -0.481 e. The highest BCUT2D eigenvalue weighted by atomic mass is 35.5. The van der Waals surface area contributed by atoms with Gasteiger partial charge in [-0.1, -0.05) is 29.8 Å². The van der Waals surface area contributed by atoms with E-state index in [1.165, 1.54) is 0 Å². The molecule has 136 valence electrons. The maximum Gasteiger partial charge on any atom is 0.305 e. The number of amides is 1. The quantitative estimate of drug-likeness (QED) is 0.777. The molecule has 1 heterocycles. The van der Waals surface area contributed by atoms with Crippen LogP contribution in [0.15, 0.2) is 42.5 Å². The average Bonchev–Trinajstić information content (AvgIpc) is 3.04. The molecular formula is C19H18ClNO5. The van der Waals surface area contributed by atoms with Crippen LogP contribution in [-0.2, 0) is 22.4 Å². The molecule has 0 aromatic heterocycles. The zero-order chi connectivity index (χ0) is 18.5. The van der Waals surface area contributed by atoms with Crippen molar-refractivity contribution in [2.45, 2.75) is 25.3 Å². The van der Waals surface area contributed by atoms with Crippen molar-refractivity contribution in [2.24, 2.45) is 0 Å². The molecule has 6 nitrogen and oxygen atoms in total. The molecule has 0 fully saturated rings. The number of carboxylic acids is 1. The van der Waals surface area contributed by atoms with E-state index < -0.39 is 12.0 Å². The Morgan fingerprint density at radius 2 is 1.77 bits per heavy atom. The van der Waals surface area contributed by atoms with Gasteiger partial charge in [-0.05, 0) is 41.8 Å². The van der Waals surface area contributed by atoms with E-state index in [0.29, 0.717) is 22.9 Å². The molecule has 0 saturated heterocycles. The molecule has 1 atom stereocenters. The molecule has 1 amide bonds. The van der Waals surface area contributed by atoms with Crippen LogP contribution in [0.25, 0.3) is 0 Å². The lowest BCUT2D eigenvalue weighted by Crippen LogP contribution is -2.38. The van der Waals surface area contributed by atoms with E-state index in [9.17, 15) is 9.59 Å². The van der Waals surface area contributed by atoms with Crippen molar-refractivity contribution < 1.29 is 24.2 Å². The molecule has 0 radical (unpaired) electrons. The van der Waals surface area contributed by atoms with Crippen molar-refractivity contribution in [2.75, 3.05) is 6.79 Å². The molecule has 1 aliphatic rings. The highest BCUT2D eigenvalue weighted by molar-refractivity contribution is 6.30. The Balaban J connectivity index is 1.62. The number of hydrogen-bond donors (Lipinski definition) is 2. The van der Waals surface area contributed by atoms with Crippen molar-refractivity contribution in [1.29, 1.82) is 0 Å². The summed E-state index contributed by atoms with van der Waals surface area (Å²) in [6.07, 6.45) is 0.388. The summed E-state index contributed by atoms with van der Waals surface area (Å²) >= 11 is 5.86. The molecule has 2 N–H and O–H groups in total. The molecular weight excluding hydrogens is 358 g/mol. The number of hydrogen-bond acceptors (Lipinski definition) is 4. The molecule has 0 spiro atoms. The Hall–Kier alpha value is -2.73. The predicted octanol–water partition coefficient (Wildman–Crippen LogP) is 2.81. The molecule has 26 heavy (non-hydrogen) atoms. The number of halogens is 1. The number of ether oxygens (including phenoxy) is 2. The van der Waals surface area contributed by atoms with Crippen LogP contribution < -0.4 is 14.8 Å². The first-order valence-corrected chi connectivity index (χ1v) is 8.51. The number of nitrogens with one attached hydrogen (secondary N) is 1. The number of benzene rings is 2. The van der Waals surface area contributed by atoms with E-state index in [1.807, 2.05) is 12.1 Å². The molecule has 1 aliphatic heterocycles. The maximum absolute atomic E-state index is 12.4. The Kier molecular flexibility index (Phi) is 5.63.